The molecule has 0 amide bonds. The van der Waals surface area contributed by atoms with E-state index in [9.17, 15) is 0 Å². The van der Waals surface area contributed by atoms with E-state index in [4.69, 9.17) is 15.6 Å². The maximum Gasteiger partial charge on any atom is 0.300 e. The second-order valence-electron chi connectivity index (χ2n) is 3.10. The molecule has 1 rings (SSSR count). The fraction of sp³-hybridized carbons (Fsp3) is 0.500. The minimum Gasteiger partial charge on any atom is -0.481 e. The lowest BCUT2D eigenvalue weighted by molar-refractivity contribution is -0.134. The molecule has 1 atom stereocenters. The van der Waals surface area contributed by atoms with Crippen molar-refractivity contribution in [1.29, 1.82) is 0 Å². The predicted molar refractivity (Wildman–Crippen MR) is 53.4 cm³/mol. The Morgan fingerprint density at radius 3 is 2.38 bits per heavy atom. The average Bonchev–Trinajstić information content (AvgIpc) is 2.05. The summed E-state index contributed by atoms with van der Waals surface area (Å²) in [6.45, 7) is 3.20. The summed E-state index contributed by atoms with van der Waals surface area (Å²) in [7, 11) is 0. The van der Waals surface area contributed by atoms with Gasteiger partial charge < -0.3 is 10.8 Å². The van der Waals surface area contributed by atoms with Gasteiger partial charge in [0.25, 0.3) is 5.97 Å². The van der Waals surface area contributed by atoms with Crippen LogP contribution in [0.25, 0.3) is 0 Å². The van der Waals surface area contributed by atoms with Crippen LogP contribution >= 0.6 is 0 Å². The predicted octanol–water partition coefficient (Wildman–Crippen LogP) is 1.70. The van der Waals surface area contributed by atoms with Gasteiger partial charge in [-0.25, -0.2) is 0 Å². The molecule has 0 heterocycles. The van der Waals surface area contributed by atoms with Crippen LogP contribution in [0.15, 0.2) is 24.3 Å². The van der Waals surface area contributed by atoms with E-state index in [0.29, 0.717) is 0 Å². The fourth-order valence-electron chi connectivity index (χ4n) is 0.943. The van der Waals surface area contributed by atoms with E-state index in [1.807, 2.05) is 12.2 Å². The molecule has 13 heavy (non-hydrogen) atoms. The molecule has 0 bridgehead atoms. The van der Waals surface area contributed by atoms with Crippen molar-refractivity contribution in [3.05, 3.63) is 24.3 Å². The lowest BCUT2D eigenvalue weighted by Crippen LogP contribution is -2.36. The van der Waals surface area contributed by atoms with Gasteiger partial charge in [0, 0.05) is 12.5 Å². The van der Waals surface area contributed by atoms with E-state index < -0.39 is 5.97 Å². The molecule has 0 fully saturated rings. The molecule has 1 aliphatic rings. The summed E-state index contributed by atoms with van der Waals surface area (Å²) in [6.07, 6.45) is 10.3. The summed E-state index contributed by atoms with van der Waals surface area (Å²) >= 11 is 0. The van der Waals surface area contributed by atoms with Gasteiger partial charge in [-0.3, -0.25) is 4.79 Å². The van der Waals surface area contributed by atoms with Gasteiger partial charge in [-0.2, -0.15) is 0 Å². The molecule has 0 aromatic carbocycles. The molecule has 0 aromatic rings. The first-order chi connectivity index (χ1) is 6.00. The molecule has 0 aliphatic heterocycles. The van der Waals surface area contributed by atoms with Gasteiger partial charge in [0.2, 0.25) is 0 Å². The van der Waals surface area contributed by atoms with Gasteiger partial charge in [-0.15, -0.1) is 0 Å². The zero-order valence-electron chi connectivity index (χ0n) is 8.16. The van der Waals surface area contributed by atoms with Crippen LogP contribution in [0.2, 0.25) is 0 Å². The summed E-state index contributed by atoms with van der Waals surface area (Å²) in [4.78, 5) is 9.00. The topological polar surface area (TPSA) is 63.3 Å². The molecule has 0 saturated heterocycles. The van der Waals surface area contributed by atoms with Crippen LogP contribution in [0.3, 0.4) is 0 Å². The number of hydrogen-bond acceptors (Lipinski definition) is 2. The Balaban J connectivity index is 0.000000310. The molecule has 3 N–H and O–H groups in total. The minimum atomic E-state index is -0.833. The van der Waals surface area contributed by atoms with Crippen molar-refractivity contribution in [2.24, 2.45) is 5.73 Å². The van der Waals surface area contributed by atoms with E-state index in [0.717, 1.165) is 19.8 Å². The van der Waals surface area contributed by atoms with Crippen LogP contribution in [0.1, 0.15) is 26.7 Å². The Bertz CT molecular complexity index is 217. The largest absolute Gasteiger partial charge is 0.481 e. The van der Waals surface area contributed by atoms with Crippen molar-refractivity contribution in [2.45, 2.75) is 32.2 Å². The first-order valence-electron chi connectivity index (χ1n) is 4.33. The monoisotopic (exact) mass is 183 g/mol. The van der Waals surface area contributed by atoms with E-state index >= 15 is 0 Å². The van der Waals surface area contributed by atoms with Crippen molar-refractivity contribution >= 4 is 5.97 Å². The molecule has 0 spiro atoms. The number of carbonyl (C=O) groups is 1. The maximum atomic E-state index is 9.00. The maximum absolute atomic E-state index is 9.00. The van der Waals surface area contributed by atoms with Crippen LogP contribution in [0, 0.1) is 0 Å². The summed E-state index contributed by atoms with van der Waals surface area (Å²) < 4.78 is 0. The van der Waals surface area contributed by atoms with Crippen molar-refractivity contribution < 1.29 is 9.90 Å². The second-order valence-corrected chi connectivity index (χ2v) is 3.10. The number of hydrogen-bond donors (Lipinski definition) is 2. The molecule has 0 unspecified atom stereocenters. The van der Waals surface area contributed by atoms with Gasteiger partial charge in [0.1, 0.15) is 0 Å². The first-order valence-corrected chi connectivity index (χ1v) is 4.33. The Kier molecular flexibility index (Phi) is 5.07. The normalized spacial score (nSPS) is 24.8. The standard InChI is InChI=1S/C8H13N.C2H4O2/c1-2-8(9)6-4-3-5-7-8;1-2(3)4/h3-6H,2,7,9H2,1H3;1H3,(H,3,4)/t8-;/m0./s1. The number of aliphatic carboxylic acids is 1. The van der Waals surface area contributed by atoms with Crippen LogP contribution in [0.5, 0.6) is 0 Å². The Morgan fingerprint density at radius 1 is 1.62 bits per heavy atom. The fourth-order valence-corrected chi connectivity index (χ4v) is 0.943. The number of allylic oxidation sites excluding steroid dienone is 2. The summed E-state index contributed by atoms with van der Waals surface area (Å²) in [5, 5.41) is 7.42. The lowest BCUT2D eigenvalue weighted by atomic mass is 9.90. The van der Waals surface area contributed by atoms with Crippen molar-refractivity contribution in [2.75, 3.05) is 0 Å². The molecule has 0 radical (unpaired) electrons. The number of carboxylic acids is 1. The highest BCUT2D eigenvalue weighted by atomic mass is 16.4. The highest BCUT2D eigenvalue weighted by molar-refractivity contribution is 5.62. The molecule has 3 nitrogen and oxygen atoms in total. The average molecular weight is 183 g/mol. The van der Waals surface area contributed by atoms with Crippen LogP contribution in [-0.4, -0.2) is 16.6 Å². The summed E-state index contributed by atoms with van der Waals surface area (Å²) in [6, 6.07) is 0. The minimum absolute atomic E-state index is 0.0469. The van der Waals surface area contributed by atoms with E-state index in [1.165, 1.54) is 0 Å². The van der Waals surface area contributed by atoms with Gasteiger partial charge in [0.15, 0.2) is 0 Å². The lowest BCUT2D eigenvalue weighted by Gasteiger charge is -2.23. The molecule has 74 valence electrons. The molecule has 0 saturated carbocycles. The zero-order valence-corrected chi connectivity index (χ0v) is 8.16. The Hall–Kier alpha value is -1.09. The molecule has 3 heteroatoms. The van der Waals surface area contributed by atoms with E-state index in [-0.39, 0.29) is 5.54 Å². The van der Waals surface area contributed by atoms with Crippen LogP contribution in [-0.2, 0) is 4.79 Å². The third-order valence-corrected chi connectivity index (χ3v) is 1.83. The van der Waals surface area contributed by atoms with Crippen molar-refractivity contribution in [1.82, 2.24) is 0 Å². The Morgan fingerprint density at radius 2 is 2.15 bits per heavy atom. The van der Waals surface area contributed by atoms with Crippen LogP contribution in [0.4, 0.5) is 0 Å². The SMILES string of the molecule is CC(=O)O.CC[C@]1(N)C=CC=CC1. The first kappa shape index (κ1) is 11.9. The summed E-state index contributed by atoms with van der Waals surface area (Å²) in [5.74, 6) is -0.833. The molecule has 1 aliphatic carbocycles. The van der Waals surface area contributed by atoms with E-state index in [1.54, 1.807) is 0 Å². The quantitative estimate of drug-likeness (QED) is 0.650. The third-order valence-electron chi connectivity index (χ3n) is 1.83. The van der Waals surface area contributed by atoms with Crippen molar-refractivity contribution in [3.63, 3.8) is 0 Å². The van der Waals surface area contributed by atoms with Gasteiger partial charge in [-0.1, -0.05) is 31.2 Å². The van der Waals surface area contributed by atoms with E-state index in [2.05, 4.69) is 19.1 Å². The molecule has 0 aromatic heterocycles. The van der Waals surface area contributed by atoms with Crippen LogP contribution < -0.4 is 5.73 Å². The Labute approximate surface area is 78.9 Å². The van der Waals surface area contributed by atoms with Gasteiger partial charge in [0.05, 0.1) is 0 Å². The highest BCUT2D eigenvalue weighted by Crippen LogP contribution is 2.17. The number of carboxylic acid groups (broad SMARTS) is 1. The smallest absolute Gasteiger partial charge is 0.300 e. The number of nitrogens with two attached hydrogens (primary N) is 1. The highest BCUT2D eigenvalue weighted by Gasteiger charge is 2.17. The summed E-state index contributed by atoms with van der Waals surface area (Å²) in [5.41, 5.74) is 5.87. The van der Waals surface area contributed by atoms with Crippen molar-refractivity contribution in [3.8, 4) is 0 Å². The van der Waals surface area contributed by atoms with Gasteiger partial charge in [-0.05, 0) is 12.8 Å². The second kappa shape index (κ2) is 5.54. The molecular formula is C10H17NO2. The molecular weight excluding hydrogens is 166 g/mol. The van der Waals surface area contributed by atoms with Gasteiger partial charge >= 0.3 is 0 Å². The zero-order chi connectivity index (χ0) is 10.3. The number of rotatable bonds is 1. The third kappa shape index (κ3) is 6.11.